The Kier molecular flexibility index (Phi) is 5.08. The molecule has 0 saturated heterocycles. The first-order valence-electron chi connectivity index (χ1n) is 6.18. The van der Waals surface area contributed by atoms with Crippen LogP contribution < -0.4 is 5.43 Å². The van der Waals surface area contributed by atoms with Gasteiger partial charge in [-0.15, -0.1) is 11.3 Å². The van der Waals surface area contributed by atoms with E-state index in [9.17, 15) is 9.90 Å². The van der Waals surface area contributed by atoms with E-state index in [0.717, 1.165) is 15.2 Å². The van der Waals surface area contributed by atoms with Crippen molar-refractivity contribution in [3.05, 3.63) is 44.3 Å². The standard InChI is InChI=1S/C14H14BrN3O2S/c1-8-7-21-14(16-8)6-13(20)18-17-9(2)11-5-10(15)3-4-12(11)19/h3-5,7,19H,6H2,1-2H3,(H,18,20)/b17-9+. The van der Waals surface area contributed by atoms with E-state index in [2.05, 4.69) is 31.4 Å². The maximum absolute atomic E-state index is 11.8. The van der Waals surface area contributed by atoms with Gasteiger partial charge in [0.15, 0.2) is 0 Å². The molecule has 0 aliphatic carbocycles. The number of amides is 1. The van der Waals surface area contributed by atoms with Crippen LogP contribution in [0.4, 0.5) is 0 Å². The minimum Gasteiger partial charge on any atom is -0.507 e. The highest BCUT2D eigenvalue weighted by atomic mass is 79.9. The van der Waals surface area contributed by atoms with Gasteiger partial charge in [0.2, 0.25) is 5.91 Å². The maximum Gasteiger partial charge on any atom is 0.246 e. The number of thiazole rings is 1. The van der Waals surface area contributed by atoms with E-state index in [0.29, 0.717) is 11.3 Å². The molecule has 7 heteroatoms. The van der Waals surface area contributed by atoms with Gasteiger partial charge >= 0.3 is 0 Å². The molecule has 1 amide bonds. The lowest BCUT2D eigenvalue weighted by molar-refractivity contribution is -0.120. The monoisotopic (exact) mass is 367 g/mol. The molecule has 0 unspecified atom stereocenters. The molecule has 0 aliphatic heterocycles. The van der Waals surface area contributed by atoms with Gasteiger partial charge < -0.3 is 5.11 Å². The minimum absolute atomic E-state index is 0.115. The van der Waals surface area contributed by atoms with Crippen LogP contribution >= 0.6 is 27.3 Å². The SMILES string of the molecule is C/C(=N\NC(=O)Cc1nc(C)cs1)c1cc(Br)ccc1O. The normalized spacial score (nSPS) is 11.5. The predicted octanol–water partition coefficient (Wildman–Crippen LogP) is 3.00. The number of aryl methyl sites for hydroxylation is 1. The van der Waals surface area contributed by atoms with Gasteiger partial charge in [-0.05, 0) is 32.0 Å². The summed E-state index contributed by atoms with van der Waals surface area (Å²) in [5.41, 5.74) is 4.47. The maximum atomic E-state index is 11.8. The number of aromatic nitrogens is 1. The van der Waals surface area contributed by atoms with Crippen LogP contribution in [0.3, 0.4) is 0 Å². The topological polar surface area (TPSA) is 74.6 Å². The third kappa shape index (κ3) is 4.37. The Bertz CT molecular complexity index is 697. The van der Waals surface area contributed by atoms with Crippen LogP contribution in [0.25, 0.3) is 0 Å². The zero-order valence-corrected chi connectivity index (χ0v) is 14.0. The third-order valence-corrected chi connectivity index (χ3v) is 4.13. The van der Waals surface area contributed by atoms with Crippen molar-refractivity contribution in [3.8, 4) is 5.75 Å². The van der Waals surface area contributed by atoms with Crippen LogP contribution in [0.15, 0.2) is 33.2 Å². The fraction of sp³-hybridized carbons (Fsp3) is 0.214. The number of nitrogens with zero attached hydrogens (tertiary/aromatic N) is 2. The quantitative estimate of drug-likeness (QED) is 0.644. The van der Waals surface area contributed by atoms with Crippen LogP contribution in [0.2, 0.25) is 0 Å². The van der Waals surface area contributed by atoms with E-state index in [1.807, 2.05) is 12.3 Å². The van der Waals surface area contributed by atoms with Crippen LogP contribution in [-0.2, 0) is 11.2 Å². The third-order valence-electron chi connectivity index (χ3n) is 2.68. The highest BCUT2D eigenvalue weighted by molar-refractivity contribution is 9.10. The molecule has 2 N–H and O–H groups in total. The summed E-state index contributed by atoms with van der Waals surface area (Å²) in [6, 6.07) is 5.04. The Hall–Kier alpha value is -1.73. The van der Waals surface area contributed by atoms with Gasteiger partial charge in [-0.25, -0.2) is 10.4 Å². The zero-order valence-electron chi connectivity index (χ0n) is 11.6. The number of carbonyl (C=O) groups excluding carboxylic acids is 1. The Morgan fingerprint density at radius 1 is 1.52 bits per heavy atom. The van der Waals surface area contributed by atoms with Crippen molar-refractivity contribution in [2.24, 2.45) is 5.10 Å². The van der Waals surface area contributed by atoms with Crippen LogP contribution in [0.1, 0.15) is 23.2 Å². The van der Waals surface area contributed by atoms with Crippen molar-refractivity contribution < 1.29 is 9.90 Å². The summed E-state index contributed by atoms with van der Waals surface area (Å²) in [6.45, 7) is 3.60. The largest absolute Gasteiger partial charge is 0.507 e. The molecule has 2 aromatic rings. The molecular weight excluding hydrogens is 354 g/mol. The number of benzene rings is 1. The number of carbonyl (C=O) groups is 1. The first-order chi connectivity index (χ1) is 9.95. The molecule has 0 saturated carbocycles. The second-order valence-corrected chi connectivity index (χ2v) is 6.31. The fourth-order valence-corrected chi connectivity index (χ4v) is 2.80. The molecule has 0 spiro atoms. The fourth-order valence-electron chi connectivity index (χ4n) is 1.67. The predicted molar refractivity (Wildman–Crippen MR) is 86.7 cm³/mol. The first kappa shape index (κ1) is 15.7. The summed E-state index contributed by atoms with van der Waals surface area (Å²) in [6.07, 6.45) is 0.194. The molecule has 2 rings (SSSR count). The lowest BCUT2D eigenvalue weighted by atomic mass is 10.1. The molecular formula is C14H14BrN3O2S. The van der Waals surface area contributed by atoms with Gasteiger partial charge in [0.25, 0.3) is 0 Å². The number of halogens is 1. The second-order valence-electron chi connectivity index (χ2n) is 4.45. The molecule has 1 aromatic heterocycles. The number of hydrogen-bond donors (Lipinski definition) is 2. The molecule has 1 heterocycles. The van der Waals surface area contributed by atoms with Crippen LogP contribution in [0, 0.1) is 6.92 Å². The average Bonchev–Trinajstić information content (AvgIpc) is 2.84. The lowest BCUT2D eigenvalue weighted by Gasteiger charge is -2.05. The number of hydrazone groups is 1. The minimum atomic E-state index is -0.238. The molecule has 0 bridgehead atoms. The van der Waals surface area contributed by atoms with Crippen LogP contribution in [-0.4, -0.2) is 21.7 Å². The van der Waals surface area contributed by atoms with E-state index in [-0.39, 0.29) is 18.1 Å². The highest BCUT2D eigenvalue weighted by Crippen LogP contribution is 2.22. The molecule has 0 atom stereocenters. The summed E-state index contributed by atoms with van der Waals surface area (Å²) < 4.78 is 0.828. The Morgan fingerprint density at radius 2 is 2.29 bits per heavy atom. The van der Waals surface area contributed by atoms with E-state index in [1.54, 1.807) is 25.1 Å². The molecule has 0 radical (unpaired) electrons. The molecule has 110 valence electrons. The average molecular weight is 368 g/mol. The van der Waals surface area contributed by atoms with Crippen molar-refractivity contribution in [2.75, 3.05) is 0 Å². The summed E-state index contributed by atoms with van der Waals surface area (Å²) in [7, 11) is 0. The highest BCUT2D eigenvalue weighted by Gasteiger charge is 2.08. The van der Waals surface area contributed by atoms with Crippen molar-refractivity contribution in [1.29, 1.82) is 0 Å². The number of aromatic hydroxyl groups is 1. The summed E-state index contributed by atoms with van der Waals surface area (Å²) in [4.78, 5) is 16.0. The van der Waals surface area contributed by atoms with Crippen molar-refractivity contribution >= 4 is 38.9 Å². The summed E-state index contributed by atoms with van der Waals surface area (Å²) >= 11 is 4.78. The molecule has 1 aromatic carbocycles. The van der Waals surface area contributed by atoms with Gasteiger partial charge in [-0.1, -0.05) is 15.9 Å². The Balaban J connectivity index is 2.02. The van der Waals surface area contributed by atoms with Crippen molar-refractivity contribution in [2.45, 2.75) is 20.3 Å². The summed E-state index contributed by atoms with van der Waals surface area (Å²) in [5.74, 6) is -0.123. The van der Waals surface area contributed by atoms with E-state index in [1.165, 1.54) is 11.3 Å². The van der Waals surface area contributed by atoms with E-state index in [4.69, 9.17) is 0 Å². The molecule has 5 nitrogen and oxygen atoms in total. The second kappa shape index (κ2) is 6.82. The van der Waals surface area contributed by atoms with Gasteiger partial charge in [-0.2, -0.15) is 5.10 Å². The molecule has 0 fully saturated rings. The number of phenols is 1. The lowest BCUT2D eigenvalue weighted by Crippen LogP contribution is -2.21. The molecule has 21 heavy (non-hydrogen) atoms. The number of hydrogen-bond acceptors (Lipinski definition) is 5. The number of rotatable bonds is 4. The van der Waals surface area contributed by atoms with Gasteiger partial charge in [0, 0.05) is 21.1 Å². The smallest absolute Gasteiger partial charge is 0.246 e. The molecule has 0 aliphatic rings. The van der Waals surface area contributed by atoms with Crippen molar-refractivity contribution in [1.82, 2.24) is 10.4 Å². The van der Waals surface area contributed by atoms with Crippen LogP contribution in [0.5, 0.6) is 5.75 Å². The summed E-state index contributed by atoms with van der Waals surface area (Å²) in [5, 5.41) is 16.5. The van der Waals surface area contributed by atoms with Gasteiger partial charge in [-0.3, -0.25) is 4.79 Å². The van der Waals surface area contributed by atoms with E-state index >= 15 is 0 Å². The number of phenolic OH excluding ortho intramolecular Hbond substituents is 1. The van der Waals surface area contributed by atoms with Gasteiger partial charge in [0.05, 0.1) is 12.1 Å². The number of nitrogens with one attached hydrogen (secondary N) is 1. The Morgan fingerprint density at radius 3 is 2.95 bits per heavy atom. The first-order valence-corrected chi connectivity index (χ1v) is 7.86. The van der Waals surface area contributed by atoms with Crippen molar-refractivity contribution in [3.63, 3.8) is 0 Å². The van der Waals surface area contributed by atoms with E-state index < -0.39 is 0 Å². The Labute approximate surface area is 134 Å². The zero-order chi connectivity index (χ0) is 15.4. The van der Waals surface area contributed by atoms with Gasteiger partial charge in [0.1, 0.15) is 10.8 Å².